The number of hydrogen-bond donors (Lipinski definition) is 1. The van der Waals surface area contributed by atoms with Crippen molar-refractivity contribution in [2.24, 2.45) is 0 Å². The summed E-state index contributed by atoms with van der Waals surface area (Å²) in [5.74, 6) is 1.02. The Morgan fingerprint density at radius 3 is 2.70 bits per heavy atom. The minimum absolute atomic E-state index is 0.462. The number of rotatable bonds is 2. The summed E-state index contributed by atoms with van der Waals surface area (Å²) in [7, 11) is 0. The summed E-state index contributed by atoms with van der Waals surface area (Å²) in [5, 5.41) is 4.02. The van der Waals surface area contributed by atoms with Gasteiger partial charge in [-0.1, -0.05) is 39.3 Å². The Hall–Kier alpha value is -2.14. The molecule has 0 bridgehead atoms. The monoisotopic (exact) mass is 329 g/mol. The first-order valence-electron chi connectivity index (χ1n) is 6.09. The lowest BCUT2D eigenvalue weighted by Gasteiger charge is -1.99. The van der Waals surface area contributed by atoms with Crippen LogP contribution < -0.4 is 5.73 Å². The van der Waals surface area contributed by atoms with E-state index in [9.17, 15) is 0 Å². The van der Waals surface area contributed by atoms with Crippen molar-refractivity contribution in [2.45, 2.75) is 6.92 Å². The molecular weight excluding hydrogens is 318 g/mol. The highest BCUT2D eigenvalue weighted by atomic mass is 79.9. The summed E-state index contributed by atoms with van der Waals surface area (Å²) >= 11 is 3.50. The number of nitrogens with two attached hydrogens (primary N) is 1. The molecular formula is C15H12BrN3O. The Bertz CT molecular complexity index is 767. The molecule has 20 heavy (non-hydrogen) atoms. The Kier molecular flexibility index (Phi) is 3.28. The fraction of sp³-hybridized carbons (Fsp3) is 0.0667. The number of nitrogen functional groups attached to an aromatic ring is 1. The molecule has 1 heterocycles. The van der Waals surface area contributed by atoms with Crippen molar-refractivity contribution in [1.29, 1.82) is 0 Å². The van der Waals surface area contributed by atoms with E-state index in [0.717, 1.165) is 21.2 Å². The number of anilines is 1. The zero-order valence-electron chi connectivity index (χ0n) is 10.8. The quantitative estimate of drug-likeness (QED) is 0.720. The van der Waals surface area contributed by atoms with E-state index in [1.165, 1.54) is 0 Å². The van der Waals surface area contributed by atoms with Crippen LogP contribution in [0.1, 0.15) is 5.56 Å². The molecule has 0 spiro atoms. The molecule has 0 radical (unpaired) electrons. The van der Waals surface area contributed by atoms with Crippen LogP contribution in [-0.4, -0.2) is 10.1 Å². The predicted molar refractivity (Wildman–Crippen MR) is 82.0 cm³/mol. The summed E-state index contributed by atoms with van der Waals surface area (Å²) < 4.78 is 6.32. The lowest BCUT2D eigenvalue weighted by Crippen LogP contribution is -1.86. The zero-order valence-corrected chi connectivity index (χ0v) is 12.4. The molecule has 0 aliphatic rings. The van der Waals surface area contributed by atoms with Gasteiger partial charge in [0, 0.05) is 21.3 Å². The smallest absolute Gasteiger partial charge is 0.258 e. The third-order valence-electron chi connectivity index (χ3n) is 2.99. The molecule has 0 fully saturated rings. The van der Waals surface area contributed by atoms with Gasteiger partial charge in [-0.3, -0.25) is 0 Å². The molecule has 0 atom stereocenters. The molecule has 0 aliphatic carbocycles. The van der Waals surface area contributed by atoms with Crippen LogP contribution in [0.25, 0.3) is 22.8 Å². The average Bonchev–Trinajstić information content (AvgIpc) is 2.92. The molecule has 4 nitrogen and oxygen atoms in total. The highest BCUT2D eigenvalue weighted by molar-refractivity contribution is 9.10. The Morgan fingerprint density at radius 2 is 1.95 bits per heavy atom. The first kappa shape index (κ1) is 12.9. The number of aryl methyl sites for hydroxylation is 1. The molecule has 3 rings (SSSR count). The normalized spacial score (nSPS) is 10.7. The van der Waals surface area contributed by atoms with Crippen LogP contribution >= 0.6 is 15.9 Å². The fourth-order valence-corrected chi connectivity index (χ4v) is 2.24. The molecule has 0 aliphatic heterocycles. The second-order valence-electron chi connectivity index (χ2n) is 4.51. The maximum atomic E-state index is 5.75. The van der Waals surface area contributed by atoms with Gasteiger partial charge >= 0.3 is 0 Å². The predicted octanol–water partition coefficient (Wildman–Crippen LogP) is 4.06. The Balaban J connectivity index is 1.99. The first-order chi connectivity index (χ1) is 9.63. The largest absolute Gasteiger partial charge is 0.399 e. The molecule has 5 heteroatoms. The maximum absolute atomic E-state index is 5.75. The lowest BCUT2D eigenvalue weighted by atomic mass is 10.1. The van der Waals surface area contributed by atoms with Gasteiger partial charge in [-0.05, 0) is 36.8 Å². The van der Waals surface area contributed by atoms with Crippen molar-refractivity contribution in [2.75, 3.05) is 5.73 Å². The summed E-state index contributed by atoms with van der Waals surface area (Å²) in [4.78, 5) is 4.41. The second kappa shape index (κ2) is 5.09. The minimum Gasteiger partial charge on any atom is -0.399 e. The summed E-state index contributed by atoms with van der Waals surface area (Å²) in [6, 6.07) is 13.3. The van der Waals surface area contributed by atoms with Gasteiger partial charge in [0.15, 0.2) is 0 Å². The van der Waals surface area contributed by atoms with Gasteiger partial charge < -0.3 is 10.3 Å². The van der Waals surface area contributed by atoms with Gasteiger partial charge in [0.2, 0.25) is 5.82 Å². The number of nitrogens with zero attached hydrogens (tertiary/aromatic N) is 2. The van der Waals surface area contributed by atoms with Crippen LogP contribution in [0.4, 0.5) is 5.69 Å². The Morgan fingerprint density at radius 1 is 1.10 bits per heavy atom. The molecule has 0 amide bonds. The summed E-state index contributed by atoms with van der Waals surface area (Å²) in [5.41, 5.74) is 9.30. The number of benzene rings is 2. The van der Waals surface area contributed by atoms with E-state index < -0.39 is 0 Å². The van der Waals surface area contributed by atoms with E-state index in [1.807, 2.05) is 49.4 Å². The molecule has 0 saturated carbocycles. The Labute approximate surface area is 124 Å². The van der Waals surface area contributed by atoms with Gasteiger partial charge in [-0.25, -0.2) is 0 Å². The summed E-state index contributed by atoms with van der Waals surface area (Å²) in [6.45, 7) is 2.03. The molecule has 3 aromatic rings. The molecule has 2 N–H and O–H groups in total. The standard InChI is InChI=1S/C15H12BrN3O/c1-9-5-6-10(8-13(9)16)14-18-15(20-19-14)11-3-2-4-12(17)7-11/h2-8H,17H2,1H3. The first-order valence-corrected chi connectivity index (χ1v) is 6.89. The SMILES string of the molecule is Cc1ccc(-c2noc(-c3cccc(N)c3)n2)cc1Br. The maximum Gasteiger partial charge on any atom is 0.258 e. The van der Waals surface area contributed by atoms with E-state index >= 15 is 0 Å². The second-order valence-corrected chi connectivity index (χ2v) is 5.37. The zero-order chi connectivity index (χ0) is 14.1. The van der Waals surface area contributed by atoms with Gasteiger partial charge in [0.05, 0.1) is 0 Å². The molecule has 100 valence electrons. The highest BCUT2D eigenvalue weighted by Crippen LogP contribution is 2.26. The number of aromatic nitrogens is 2. The van der Waals surface area contributed by atoms with Gasteiger partial charge in [0.1, 0.15) is 0 Å². The van der Waals surface area contributed by atoms with Crippen molar-refractivity contribution in [3.8, 4) is 22.8 Å². The van der Waals surface area contributed by atoms with E-state index in [1.54, 1.807) is 0 Å². The molecule has 0 unspecified atom stereocenters. The van der Waals surface area contributed by atoms with E-state index in [0.29, 0.717) is 17.4 Å². The van der Waals surface area contributed by atoms with Crippen LogP contribution in [-0.2, 0) is 0 Å². The van der Waals surface area contributed by atoms with E-state index in [4.69, 9.17) is 10.3 Å². The van der Waals surface area contributed by atoms with Crippen molar-refractivity contribution in [3.63, 3.8) is 0 Å². The molecule has 0 saturated heterocycles. The van der Waals surface area contributed by atoms with Gasteiger partial charge in [0.25, 0.3) is 5.89 Å². The van der Waals surface area contributed by atoms with Crippen molar-refractivity contribution in [3.05, 3.63) is 52.5 Å². The minimum atomic E-state index is 0.462. The van der Waals surface area contributed by atoms with Crippen molar-refractivity contribution >= 4 is 21.6 Å². The van der Waals surface area contributed by atoms with Crippen LogP contribution in [0.3, 0.4) is 0 Å². The fourth-order valence-electron chi connectivity index (χ4n) is 1.86. The van der Waals surface area contributed by atoms with Crippen molar-refractivity contribution < 1.29 is 4.52 Å². The van der Waals surface area contributed by atoms with Gasteiger partial charge in [-0.15, -0.1) is 0 Å². The summed E-state index contributed by atoms with van der Waals surface area (Å²) in [6.07, 6.45) is 0. The molecule has 1 aromatic heterocycles. The van der Waals surface area contributed by atoms with E-state index in [-0.39, 0.29) is 0 Å². The third kappa shape index (κ3) is 2.44. The van der Waals surface area contributed by atoms with Crippen molar-refractivity contribution in [1.82, 2.24) is 10.1 Å². The number of hydrogen-bond acceptors (Lipinski definition) is 4. The topological polar surface area (TPSA) is 64.9 Å². The number of halogens is 1. The van der Waals surface area contributed by atoms with E-state index in [2.05, 4.69) is 26.1 Å². The third-order valence-corrected chi connectivity index (χ3v) is 3.84. The van der Waals surface area contributed by atoms with Crippen LogP contribution in [0.15, 0.2) is 51.5 Å². The van der Waals surface area contributed by atoms with Gasteiger partial charge in [-0.2, -0.15) is 4.98 Å². The molecule has 2 aromatic carbocycles. The average molecular weight is 330 g/mol. The van der Waals surface area contributed by atoms with Crippen LogP contribution in [0.2, 0.25) is 0 Å². The van der Waals surface area contributed by atoms with Crippen LogP contribution in [0, 0.1) is 6.92 Å². The highest BCUT2D eigenvalue weighted by Gasteiger charge is 2.11. The van der Waals surface area contributed by atoms with Crippen LogP contribution in [0.5, 0.6) is 0 Å². The lowest BCUT2D eigenvalue weighted by molar-refractivity contribution is 0.432.